The molecule has 5 rings (SSSR count). The zero-order valence-electron chi connectivity index (χ0n) is 19.2. The molecular weight excluding hydrogens is 500 g/mol. The number of carboxylic acid groups (broad SMARTS) is 1. The lowest BCUT2D eigenvalue weighted by Crippen LogP contribution is -2.70. The molecule has 9 nitrogen and oxygen atoms in total. The zero-order valence-corrected chi connectivity index (χ0v) is 20.8. The lowest BCUT2D eigenvalue weighted by Gasteiger charge is -2.49. The van der Waals surface area contributed by atoms with E-state index in [1.165, 1.54) is 28.4 Å². The summed E-state index contributed by atoms with van der Waals surface area (Å²) in [5.41, 5.74) is 1.58. The van der Waals surface area contributed by atoms with Crippen LogP contribution < -0.4 is 10.1 Å². The number of aliphatic carboxylic acids is 1. The molecule has 0 radical (unpaired) electrons. The summed E-state index contributed by atoms with van der Waals surface area (Å²) in [7, 11) is 1.59. The average molecular weight is 523 g/mol. The van der Waals surface area contributed by atoms with Gasteiger partial charge in [-0.25, -0.2) is 9.48 Å². The highest BCUT2D eigenvalue weighted by molar-refractivity contribution is 8.06. The maximum Gasteiger partial charge on any atom is 0.353 e. The van der Waals surface area contributed by atoms with Crippen molar-refractivity contribution in [2.24, 2.45) is 0 Å². The van der Waals surface area contributed by atoms with Crippen LogP contribution in [0.4, 0.5) is 0 Å². The van der Waals surface area contributed by atoms with Crippen molar-refractivity contribution in [2.75, 3.05) is 12.9 Å². The van der Waals surface area contributed by atoms with E-state index in [1.807, 2.05) is 54.6 Å². The minimum Gasteiger partial charge on any atom is -0.497 e. The number of ether oxygens (including phenoxy) is 1. The van der Waals surface area contributed by atoms with Gasteiger partial charge in [0.2, 0.25) is 5.91 Å². The molecule has 3 aromatic rings. The Balaban J connectivity index is 1.33. The second-order valence-electron chi connectivity index (χ2n) is 8.08. The molecule has 184 valence electrons. The summed E-state index contributed by atoms with van der Waals surface area (Å²) in [4.78, 5) is 39.5. The predicted molar refractivity (Wildman–Crippen MR) is 136 cm³/mol. The molecule has 1 saturated heterocycles. The van der Waals surface area contributed by atoms with Crippen molar-refractivity contribution in [2.45, 2.75) is 22.9 Å². The molecule has 0 bridgehead atoms. The van der Waals surface area contributed by atoms with Crippen LogP contribution in [0, 0.1) is 0 Å². The third-order valence-electron chi connectivity index (χ3n) is 5.81. The minimum absolute atomic E-state index is 0.0511. The van der Waals surface area contributed by atoms with E-state index in [4.69, 9.17) is 4.74 Å². The van der Waals surface area contributed by atoms with Crippen LogP contribution in [0.15, 0.2) is 82.5 Å². The molecule has 3 heterocycles. The van der Waals surface area contributed by atoms with Crippen LogP contribution in [0.5, 0.6) is 5.75 Å². The van der Waals surface area contributed by atoms with Crippen molar-refractivity contribution >= 4 is 41.3 Å². The van der Waals surface area contributed by atoms with Gasteiger partial charge in [0.1, 0.15) is 27.9 Å². The van der Waals surface area contributed by atoms with Crippen LogP contribution in [0.3, 0.4) is 0 Å². The lowest BCUT2D eigenvalue weighted by atomic mass is 10.0. The number of hydrogen-bond donors (Lipinski definition) is 2. The molecule has 1 aromatic heterocycles. The molecule has 2 atom stereocenters. The Morgan fingerprint density at radius 2 is 1.92 bits per heavy atom. The van der Waals surface area contributed by atoms with E-state index in [9.17, 15) is 19.5 Å². The second kappa shape index (κ2) is 10.1. The molecule has 11 heteroatoms. The van der Waals surface area contributed by atoms with E-state index >= 15 is 0 Å². The van der Waals surface area contributed by atoms with Gasteiger partial charge in [-0.15, -0.1) is 11.8 Å². The summed E-state index contributed by atoms with van der Waals surface area (Å²) in [6.45, 7) is 0. The molecule has 36 heavy (non-hydrogen) atoms. The quantitative estimate of drug-likeness (QED) is 0.434. The van der Waals surface area contributed by atoms with Crippen LogP contribution in [-0.2, 0) is 20.8 Å². The summed E-state index contributed by atoms with van der Waals surface area (Å²) in [6, 6.07) is 17.6. The number of nitrogens with zero attached hydrogens (tertiary/aromatic N) is 3. The molecule has 2 amide bonds. The predicted octanol–water partition coefficient (Wildman–Crippen LogP) is 2.91. The maximum atomic E-state index is 13.0. The van der Waals surface area contributed by atoms with Gasteiger partial charge in [0.15, 0.2) is 0 Å². The lowest BCUT2D eigenvalue weighted by molar-refractivity contribution is -0.150. The van der Waals surface area contributed by atoms with Gasteiger partial charge in [-0.1, -0.05) is 42.1 Å². The number of thioether (sulfide) groups is 2. The number of benzene rings is 2. The Bertz CT molecular complexity index is 1340. The SMILES string of the molecule is COc1ccc(-n2nccc2SC2=C(C(=O)O)N3C(=O)[C@@H](NC(=O)Cc4ccccc4)[C@@H]3SC2)cc1. The van der Waals surface area contributed by atoms with E-state index < -0.39 is 23.3 Å². The number of carboxylic acids is 1. The average Bonchev–Trinajstić information content (AvgIpc) is 3.35. The fourth-order valence-electron chi connectivity index (χ4n) is 4.09. The van der Waals surface area contributed by atoms with Crippen LogP contribution in [0.25, 0.3) is 5.69 Å². The summed E-state index contributed by atoms with van der Waals surface area (Å²) in [5.74, 6) is -0.773. The Morgan fingerprint density at radius 1 is 1.17 bits per heavy atom. The molecule has 2 N–H and O–H groups in total. The van der Waals surface area contributed by atoms with Crippen molar-refractivity contribution in [1.29, 1.82) is 0 Å². The van der Waals surface area contributed by atoms with E-state index in [0.29, 0.717) is 21.4 Å². The molecule has 0 aliphatic carbocycles. The number of rotatable bonds is 8. The topological polar surface area (TPSA) is 114 Å². The van der Waals surface area contributed by atoms with Gasteiger partial charge in [0.05, 0.1) is 25.4 Å². The molecule has 0 unspecified atom stereocenters. The van der Waals surface area contributed by atoms with Gasteiger partial charge in [-0.3, -0.25) is 14.5 Å². The van der Waals surface area contributed by atoms with E-state index in [-0.39, 0.29) is 18.0 Å². The molecule has 2 aliphatic rings. The number of aromatic nitrogens is 2. The van der Waals surface area contributed by atoms with E-state index in [1.54, 1.807) is 24.1 Å². The molecule has 1 fully saturated rings. The first-order valence-corrected chi connectivity index (χ1v) is 12.9. The Morgan fingerprint density at radius 3 is 2.61 bits per heavy atom. The number of fused-ring (bicyclic) bond motifs is 1. The first-order chi connectivity index (χ1) is 17.5. The fourth-order valence-corrected chi connectivity index (χ4v) is 6.62. The van der Waals surface area contributed by atoms with Crippen LogP contribution >= 0.6 is 23.5 Å². The molecule has 0 saturated carbocycles. The van der Waals surface area contributed by atoms with Gasteiger partial charge in [-0.05, 0) is 35.9 Å². The summed E-state index contributed by atoms with van der Waals surface area (Å²) >= 11 is 2.70. The van der Waals surface area contributed by atoms with Crippen LogP contribution in [0.2, 0.25) is 0 Å². The second-order valence-corrected chi connectivity index (χ2v) is 10.3. The highest BCUT2D eigenvalue weighted by Gasteiger charge is 2.54. The Labute approximate surface area is 215 Å². The number of methoxy groups -OCH3 is 1. The number of β-lactam (4-membered cyclic amide) rings is 1. The summed E-state index contributed by atoms with van der Waals surface area (Å²) in [5, 5.41) is 17.4. The minimum atomic E-state index is -1.18. The van der Waals surface area contributed by atoms with Crippen molar-refractivity contribution in [3.05, 3.63) is 83.0 Å². The van der Waals surface area contributed by atoms with Gasteiger partial charge < -0.3 is 15.2 Å². The van der Waals surface area contributed by atoms with Crippen molar-refractivity contribution < 1.29 is 24.2 Å². The van der Waals surface area contributed by atoms with Gasteiger partial charge in [0, 0.05) is 10.7 Å². The first-order valence-electron chi connectivity index (χ1n) is 11.1. The van der Waals surface area contributed by atoms with Crippen molar-refractivity contribution in [3.8, 4) is 11.4 Å². The number of hydrogen-bond acceptors (Lipinski definition) is 7. The zero-order chi connectivity index (χ0) is 25.2. The highest BCUT2D eigenvalue weighted by Crippen LogP contribution is 2.45. The van der Waals surface area contributed by atoms with Crippen molar-refractivity contribution in [3.63, 3.8) is 0 Å². The smallest absolute Gasteiger partial charge is 0.353 e. The number of carbonyl (C=O) groups is 3. The third-order valence-corrected chi connectivity index (χ3v) is 8.38. The first kappa shape index (κ1) is 24.0. The van der Waals surface area contributed by atoms with Crippen LogP contribution in [0.1, 0.15) is 5.56 Å². The summed E-state index contributed by atoms with van der Waals surface area (Å²) in [6.07, 6.45) is 1.79. The number of amides is 2. The number of carbonyl (C=O) groups excluding carboxylic acids is 2. The molecule has 2 aromatic carbocycles. The largest absolute Gasteiger partial charge is 0.497 e. The maximum absolute atomic E-state index is 13.0. The van der Waals surface area contributed by atoms with Gasteiger partial charge in [-0.2, -0.15) is 5.10 Å². The van der Waals surface area contributed by atoms with E-state index in [0.717, 1.165) is 11.3 Å². The summed E-state index contributed by atoms with van der Waals surface area (Å²) < 4.78 is 6.91. The molecule has 0 spiro atoms. The standard InChI is InChI=1S/C25H22N4O5S2/c1-34-17-9-7-16(8-10-17)29-20(11-12-26-29)36-18-14-35-24-21(23(31)28(24)22(18)25(32)33)27-19(30)13-15-5-3-2-4-6-15/h2-12,21,24H,13-14H2,1H3,(H,27,30)(H,32,33)/t21-,24+/m1/s1. The Hall–Kier alpha value is -3.70. The molecular formula is C25H22N4O5S2. The Kier molecular flexibility index (Phi) is 6.75. The van der Waals surface area contributed by atoms with Crippen molar-refractivity contribution in [1.82, 2.24) is 20.0 Å². The third kappa shape index (κ3) is 4.59. The number of nitrogens with one attached hydrogen (secondary N) is 1. The van der Waals surface area contributed by atoms with Crippen LogP contribution in [-0.4, -0.2) is 61.8 Å². The highest BCUT2D eigenvalue weighted by atomic mass is 32.2. The van der Waals surface area contributed by atoms with Gasteiger partial charge >= 0.3 is 5.97 Å². The fraction of sp³-hybridized carbons (Fsp3) is 0.200. The monoisotopic (exact) mass is 522 g/mol. The van der Waals surface area contributed by atoms with Gasteiger partial charge in [0.25, 0.3) is 5.91 Å². The molecule has 2 aliphatic heterocycles. The normalized spacial score (nSPS) is 18.9. The van der Waals surface area contributed by atoms with E-state index in [2.05, 4.69) is 10.4 Å².